The molecule has 1 heterocycles. The number of aliphatic imine (C=N–C) groups is 1. The predicted octanol–water partition coefficient (Wildman–Crippen LogP) is 2.55. The highest BCUT2D eigenvalue weighted by molar-refractivity contribution is 8.15. The van der Waals surface area contributed by atoms with Crippen molar-refractivity contribution >= 4 is 22.8 Å². The predicted molar refractivity (Wildman–Crippen MR) is 101 cm³/mol. The number of carbonyl (C=O) groups is 1. The molecule has 2 atom stereocenters. The number of hydrogen-bond acceptors (Lipinski definition) is 7. The maximum Gasteiger partial charge on any atom is 0.332 e. The Morgan fingerprint density at radius 1 is 1.31 bits per heavy atom. The van der Waals surface area contributed by atoms with Gasteiger partial charge in [-0.25, -0.2) is 4.79 Å². The second-order valence-corrected chi connectivity index (χ2v) is 7.21. The second kappa shape index (κ2) is 9.25. The highest BCUT2D eigenvalue weighted by Crippen LogP contribution is 2.42. The SMILES string of the molecule is CCC1SC(c2ccc(OCCOCCOC)cc2O)=N[C@@]1(C)C(=O)O. The topological polar surface area (TPSA) is 97.6 Å². The molecule has 0 aliphatic carbocycles. The van der Waals surface area contributed by atoms with E-state index in [1.165, 1.54) is 17.8 Å². The van der Waals surface area contributed by atoms with Crippen LogP contribution in [0.3, 0.4) is 0 Å². The molecule has 1 unspecified atom stereocenters. The fourth-order valence-electron chi connectivity index (χ4n) is 2.59. The Kier molecular flexibility index (Phi) is 7.31. The molecule has 0 bridgehead atoms. The molecule has 8 heteroatoms. The van der Waals surface area contributed by atoms with Crippen LogP contribution < -0.4 is 4.74 Å². The van der Waals surface area contributed by atoms with Gasteiger partial charge in [-0.1, -0.05) is 18.7 Å². The number of methoxy groups -OCH3 is 1. The van der Waals surface area contributed by atoms with Gasteiger partial charge in [0.15, 0.2) is 5.54 Å². The quantitative estimate of drug-likeness (QED) is 0.599. The average molecular weight is 383 g/mol. The Morgan fingerprint density at radius 2 is 2.04 bits per heavy atom. The summed E-state index contributed by atoms with van der Waals surface area (Å²) in [7, 11) is 1.61. The molecule has 0 amide bonds. The van der Waals surface area contributed by atoms with Gasteiger partial charge in [-0.15, -0.1) is 0 Å². The maximum absolute atomic E-state index is 11.6. The zero-order chi connectivity index (χ0) is 19.2. The van der Waals surface area contributed by atoms with Crippen LogP contribution in [0.15, 0.2) is 23.2 Å². The van der Waals surface area contributed by atoms with Crippen LogP contribution in [0.25, 0.3) is 0 Å². The van der Waals surface area contributed by atoms with Crippen molar-refractivity contribution in [2.75, 3.05) is 33.5 Å². The van der Waals surface area contributed by atoms with Gasteiger partial charge in [0, 0.05) is 24.0 Å². The third kappa shape index (κ3) is 4.69. The lowest BCUT2D eigenvalue weighted by Gasteiger charge is -2.21. The van der Waals surface area contributed by atoms with Crippen molar-refractivity contribution in [1.29, 1.82) is 0 Å². The molecule has 0 aromatic heterocycles. The van der Waals surface area contributed by atoms with Crippen molar-refractivity contribution < 1.29 is 29.2 Å². The minimum atomic E-state index is -1.18. The number of nitrogens with zero attached hydrogens (tertiary/aromatic N) is 1. The molecule has 7 nitrogen and oxygen atoms in total. The van der Waals surface area contributed by atoms with E-state index in [1.54, 1.807) is 26.2 Å². The van der Waals surface area contributed by atoms with E-state index in [0.29, 0.717) is 49.2 Å². The number of phenolic OH excluding ortho intramolecular Hbond substituents is 1. The first kappa shape index (κ1) is 20.5. The standard InChI is InChI=1S/C18H25NO6S/c1-4-15-18(2,17(21)22)19-16(26-15)13-6-5-12(11-14(13)20)25-10-9-24-8-7-23-3/h5-6,11,15,20H,4,7-10H2,1-3H3,(H,21,22)/t15?,18-/m1/s1. The van der Waals surface area contributed by atoms with Gasteiger partial charge >= 0.3 is 5.97 Å². The van der Waals surface area contributed by atoms with E-state index in [4.69, 9.17) is 14.2 Å². The monoisotopic (exact) mass is 383 g/mol. The summed E-state index contributed by atoms with van der Waals surface area (Å²) in [5, 5.41) is 20.2. The lowest BCUT2D eigenvalue weighted by Crippen LogP contribution is -2.40. The molecule has 1 aromatic rings. The largest absolute Gasteiger partial charge is 0.507 e. The highest BCUT2D eigenvalue weighted by atomic mass is 32.2. The summed E-state index contributed by atoms with van der Waals surface area (Å²) >= 11 is 1.38. The Morgan fingerprint density at radius 3 is 2.62 bits per heavy atom. The molecular weight excluding hydrogens is 358 g/mol. The van der Waals surface area contributed by atoms with Gasteiger partial charge in [0.05, 0.1) is 19.8 Å². The van der Waals surface area contributed by atoms with Crippen molar-refractivity contribution in [1.82, 2.24) is 0 Å². The highest BCUT2D eigenvalue weighted by Gasteiger charge is 2.46. The Labute approximate surface area is 157 Å². The summed E-state index contributed by atoms with van der Waals surface area (Å²) < 4.78 is 15.7. The molecule has 0 saturated carbocycles. The van der Waals surface area contributed by atoms with E-state index in [2.05, 4.69) is 4.99 Å². The minimum Gasteiger partial charge on any atom is -0.507 e. The van der Waals surface area contributed by atoms with Gasteiger partial charge in [0.1, 0.15) is 23.1 Å². The number of aliphatic carboxylic acids is 1. The number of phenols is 1. The number of ether oxygens (including phenoxy) is 3. The lowest BCUT2D eigenvalue weighted by atomic mass is 9.97. The van der Waals surface area contributed by atoms with Crippen LogP contribution in [-0.4, -0.2) is 65.6 Å². The third-order valence-corrected chi connectivity index (χ3v) is 5.76. The summed E-state index contributed by atoms with van der Waals surface area (Å²) in [5.41, 5.74) is -0.669. The van der Waals surface area contributed by atoms with Crippen molar-refractivity contribution in [2.45, 2.75) is 31.1 Å². The number of benzene rings is 1. The van der Waals surface area contributed by atoms with Crippen LogP contribution in [-0.2, 0) is 14.3 Å². The Bertz CT molecular complexity index is 665. The van der Waals surface area contributed by atoms with Crippen LogP contribution in [0.5, 0.6) is 11.5 Å². The number of carboxylic acids is 1. The van der Waals surface area contributed by atoms with Crippen LogP contribution in [0.2, 0.25) is 0 Å². The van der Waals surface area contributed by atoms with E-state index in [-0.39, 0.29) is 11.0 Å². The van der Waals surface area contributed by atoms with Gasteiger partial charge in [-0.3, -0.25) is 4.99 Å². The molecule has 2 rings (SSSR count). The lowest BCUT2D eigenvalue weighted by molar-refractivity contribution is -0.142. The Balaban J connectivity index is 2.02. The number of thioether (sulfide) groups is 1. The van der Waals surface area contributed by atoms with E-state index in [0.717, 1.165) is 0 Å². The van der Waals surface area contributed by atoms with E-state index in [9.17, 15) is 15.0 Å². The first-order valence-electron chi connectivity index (χ1n) is 8.45. The number of carboxylic acid groups (broad SMARTS) is 1. The Hall–Kier alpha value is -1.77. The summed E-state index contributed by atoms with van der Waals surface area (Å²) in [4.78, 5) is 16.0. The van der Waals surface area contributed by atoms with Crippen LogP contribution in [0.1, 0.15) is 25.8 Å². The van der Waals surface area contributed by atoms with Crippen LogP contribution in [0, 0.1) is 0 Å². The minimum absolute atomic E-state index is 0.0125. The van der Waals surface area contributed by atoms with Gasteiger partial charge in [0.25, 0.3) is 0 Å². The van der Waals surface area contributed by atoms with E-state index < -0.39 is 11.5 Å². The summed E-state index contributed by atoms with van der Waals surface area (Å²) in [6, 6.07) is 4.93. The van der Waals surface area contributed by atoms with Crippen molar-refractivity contribution in [3.8, 4) is 11.5 Å². The van der Waals surface area contributed by atoms with Crippen molar-refractivity contribution in [3.63, 3.8) is 0 Å². The number of rotatable bonds is 10. The first-order chi connectivity index (χ1) is 12.4. The molecule has 0 saturated heterocycles. The molecule has 0 fully saturated rings. The second-order valence-electron chi connectivity index (χ2n) is 6.02. The normalized spacial score (nSPS) is 22.3. The zero-order valence-electron chi connectivity index (χ0n) is 15.2. The van der Waals surface area contributed by atoms with Gasteiger partial charge in [-0.2, -0.15) is 0 Å². The molecule has 144 valence electrons. The average Bonchev–Trinajstić information content (AvgIpc) is 2.96. The summed E-state index contributed by atoms with van der Waals surface area (Å²) in [6.07, 6.45) is 0.672. The number of hydrogen-bond donors (Lipinski definition) is 2. The smallest absolute Gasteiger partial charge is 0.332 e. The molecule has 1 aromatic carbocycles. The molecule has 1 aliphatic heterocycles. The van der Waals surface area contributed by atoms with Gasteiger partial charge in [0.2, 0.25) is 0 Å². The fourth-order valence-corrected chi connectivity index (χ4v) is 3.95. The molecule has 0 spiro atoms. The fraction of sp³-hybridized carbons (Fsp3) is 0.556. The van der Waals surface area contributed by atoms with E-state index >= 15 is 0 Å². The van der Waals surface area contributed by atoms with Crippen LogP contribution >= 0.6 is 11.8 Å². The molecular formula is C18H25NO6S. The molecule has 1 aliphatic rings. The third-order valence-electron chi connectivity index (χ3n) is 4.15. The van der Waals surface area contributed by atoms with Gasteiger partial charge < -0.3 is 24.4 Å². The summed E-state index contributed by atoms with van der Waals surface area (Å²) in [6.45, 7) is 5.35. The van der Waals surface area contributed by atoms with Crippen LogP contribution in [0.4, 0.5) is 0 Å². The van der Waals surface area contributed by atoms with E-state index in [1.807, 2.05) is 6.92 Å². The number of aromatic hydroxyl groups is 1. The van der Waals surface area contributed by atoms with Crippen molar-refractivity contribution in [2.24, 2.45) is 4.99 Å². The summed E-state index contributed by atoms with van der Waals surface area (Å²) in [5.74, 6) is -0.434. The maximum atomic E-state index is 11.6. The molecule has 2 N–H and O–H groups in total. The molecule has 26 heavy (non-hydrogen) atoms. The van der Waals surface area contributed by atoms with Crippen molar-refractivity contribution in [3.05, 3.63) is 23.8 Å². The van der Waals surface area contributed by atoms with Gasteiger partial charge in [-0.05, 0) is 25.5 Å². The molecule has 0 radical (unpaired) electrons. The zero-order valence-corrected chi connectivity index (χ0v) is 16.0. The first-order valence-corrected chi connectivity index (χ1v) is 9.33.